The van der Waals surface area contributed by atoms with Crippen molar-refractivity contribution in [2.24, 2.45) is 0 Å². The maximum Gasteiger partial charge on any atom is 0.410 e. The molecule has 6 heteroatoms. The van der Waals surface area contributed by atoms with Gasteiger partial charge in [-0.1, -0.05) is 0 Å². The van der Waals surface area contributed by atoms with Crippen molar-refractivity contribution in [3.8, 4) is 6.07 Å². The Morgan fingerprint density at radius 3 is 2.89 bits per heavy atom. The zero-order valence-electron chi connectivity index (χ0n) is 11.7. The third-order valence-corrected chi connectivity index (χ3v) is 3.03. The summed E-state index contributed by atoms with van der Waals surface area (Å²) in [4.78, 5) is 13.6. The van der Waals surface area contributed by atoms with Crippen LogP contribution in [0.4, 0.5) is 4.79 Å². The summed E-state index contributed by atoms with van der Waals surface area (Å²) in [5.74, 6) is 0. The predicted octanol–water partition coefficient (Wildman–Crippen LogP) is 2.07. The molecule has 0 spiro atoms. The molecule has 2 rings (SSSR count). The van der Waals surface area contributed by atoms with Crippen LogP contribution in [0.5, 0.6) is 0 Å². The molecule has 0 bridgehead atoms. The molecule has 1 unspecified atom stereocenters. The molecule has 1 aromatic heterocycles. The number of nitrogens with zero attached hydrogens (tertiary/aromatic N) is 4. The van der Waals surface area contributed by atoms with Gasteiger partial charge in [0.15, 0.2) is 5.69 Å². The predicted molar refractivity (Wildman–Crippen MR) is 68.3 cm³/mol. The van der Waals surface area contributed by atoms with E-state index < -0.39 is 5.60 Å². The summed E-state index contributed by atoms with van der Waals surface area (Å²) in [6, 6.07) is 3.67. The van der Waals surface area contributed by atoms with Gasteiger partial charge in [0, 0.05) is 13.6 Å². The Bertz CT molecular complexity index is 536. The Morgan fingerprint density at radius 1 is 1.63 bits per heavy atom. The highest BCUT2D eigenvalue weighted by Crippen LogP contribution is 2.31. The van der Waals surface area contributed by atoms with Crippen LogP contribution < -0.4 is 0 Å². The normalized spacial score (nSPS) is 17.7. The first-order chi connectivity index (χ1) is 8.81. The van der Waals surface area contributed by atoms with Gasteiger partial charge in [-0.05, 0) is 33.3 Å². The van der Waals surface area contributed by atoms with Gasteiger partial charge < -0.3 is 9.64 Å². The van der Waals surface area contributed by atoms with Crippen LogP contribution in [0.25, 0.3) is 0 Å². The van der Waals surface area contributed by atoms with Crippen LogP contribution in [0.2, 0.25) is 0 Å². The highest BCUT2D eigenvalue weighted by molar-refractivity contribution is 5.68. The van der Waals surface area contributed by atoms with E-state index in [4.69, 9.17) is 10.00 Å². The van der Waals surface area contributed by atoms with Gasteiger partial charge >= 0.3 is 6.09 Å². The molecule has 1 amide bonds. The lowest BCUT2D eigenvalue weighted by atomic mass is 10.1. The second-order valence-corrected chi connectivity index (χ2v) is 5.69. The average Bonchev–Trinajstić information content (AvgIpc) is 2.84. The molecular formula is C13H18N4O2. The second-order valence-electron chi connectivity index (χ2n) is 5.69. The lowest BCUT2D eigenvalue weighted by Gasteiger charge is -2.28. The maximum absolute atomic E-state index is 12.0. The first-order valence-electron chi connectivity index (χ1n) is 6.25. The van der Waals surface area contributed by atoms with E-state index in [1.54, 1.807) is 22.7 Å². The van der Waals surface area contributed by atoms with Crippen LogP contribution in [0.15, 0.2) is 6.07 Å². The second kappa shape index (κ2) is 4.57. The van der Waals surface area contributed by atoms with Crippen LogP contribution >= 0.6 is 0 Å². The quantitative estimate of drug-likeness (QED) is 0.776. The summed E-state index contributed by atoms with van der Waals surface area (Å²) in [5.41, 5.74) is 0.768. The minimum atomic E-state index is -0.512. The van der Waals surface area contributed by atoms with Gasteiger partial charge in [0.2, 0.25) is 0 Å². The summed E-state index contributed by atoms with van der Waals surface area (Å²) in [7, 11) is 1.72. The Balaban J connectivity index is 2.15. The molecule has 19 heavy (non-hydrogen) atoms. The smallest absolute Gasteiger partial charge is 0.410 e. The van der Waals surface area contributed by atoms with E-state index in [0.717, 1.165) is 18.7 Å². The first kappa shape index (κ1) is 13.4. The van der Waals surface area contributed by atoms with E-state index >= 15 is 0 Å². The maximum atomic E-state index is 12.0. The molecule has 2 heterocycles. The SMILES string of the molecule is CN(C(=O)OC(C)(C)C)C1CCn2nc(C#N)cc21. The number of amides is 1. The van der Waals surface area contributed by atoms with Crippen molar-refractivity contribution in [2.45, 2.75) is 45.4 Å². The molecule has 0 N–H and O–H groups in total. The molecule has 0 aliphatic carbocycles. The topological polar surface area (TPSA) is 71.2 Å². The van der Waals surface area contributed by atoms with Crippen molar-refractivity contribution in [3.05, 3.63) is 17.5 Å². The fourth-order valence-electron chi connectivity index (χ4n) is 2.18. The number of hydrogen-bond acceptors (Lipinski definition) is 4. The van der Waals surface area contributed by atoms with Gasteiger partial charge in [0.1, 0.15) is 11.7 Å². The molecule has 1 atom stereocenters. The average molecular weight is 262 g/mol. The van der Waals surface area contributed by atoms with Crippen LogP contribution in [0.1, 0.15) is 44.6 Å². The van der Waals surface area contributed by atoms with Gasteiger partial charge in [0.05, 0.1) is 11.7 Å². The Morgan fingerprint density at radius 2 is 2.32 bits per heavy atom. The number of nitriles is 1. The minimum Gasteiger partial charge on any atom is -0.444 e. The van der Waals surface area contributed by atoms with Crippen LogP contribution in [0.3, 0.4) is 0 Å². The minimum absolute atomic E-state index is 0.0792. The van der Waals surface area contributed by atoms with E-state index in [1.165, 1.54) is 0 Å². The fourth-order valence-corrected chi connectivity index (χ4v) is 2.18. The lowest BCUT2D eigenvalue weighted by molar-refractivity contribution is 0.0220. The zero-order valence-corrected chi connectivity index (χ0v) is 11.7. The van der Waals surface area contributed by atoms with Crippen LogP contribution in [-0.4, -0.2) is 33.4 Å². The van der Waals surface area contributed by atoms with Crippen molar-refractivity contribution < 1.29 is 9.53 Å². The summed E-state index contributed by atoms with van der Waals surface area (Å²) in [5, 5.41) is 13.0. The number of aromatic nitrogens is 2. The molecule has 1 aromatic rings. The third kappa shape index (κ3) is 2.70. The number of fused-ring (bicyclic) bond motifs is 1. The van der Waals surface area contributed by atoms with E-state index in [2.05, 4.69) is 5.10 Å². The molecule has 1 aliphatic rings. The van der Waals surface area contributed by atoms with Crippen molar-refractivity contribution in [1.29, 1.82) is 5.26 Å². The monoisotopic (exact) mass is 262 g/mol. The number of ether oxygens (including phenoxy) is 1. The van der Waals surface area contributed by atoms with Crippen LogP contribution in [-0.2, 0) is 11.3 Å². The number of carbonyl (C=O) groups excluding carboxylic acids is 1. The van der Waals surface area contributed by atoms with Gasteiger partial charge in [0.25, 0.3) is 0 Å². The van der Waals surface area contributed by atoms with Crippen molar-refractivity contribution in [3.63, 3.8) is 0 Å². The van der Waals surface area contributed by atoms with Gasteiger partial charge in [-0.3, -0.25) is 4.68 Å². The molecule has 1 aliphatic heterocycles. The van der Waals surface area contributed by atoms with E-state index in [1.807, 2.05) is 26.8 Å². The molecule has 6 nitrogen and oxygen atoms in total. The Kier molecular flexibility index (Phi) is 3.23. The summed E-state index contributed by atoms with van der Waals surface area (Å²) >= 11 is 0. The van der Waals surface area contributed by atoms with Gasteiger partial charge in [-0.15, -0.1) is 0 Å². The molecule has 0 saturated heterocycles. The summed E-state index contributed by atoms with van der Waals surface area (Å²) < 4.78 is 7.13. The molecule has 0 saturated carbocycles. The Hall–Kier alpha value is -2.03. The summed E-state index contributed by atoms with van der Waals surface area (Å²) in [6.45, 7) is 6.23. The molecule has 0 fully saturated rings. The molecule has 0 aromatic carbocycles. The van der Waals surface area contributed by atoms with Crippen LogP contribution in [0, 0.1) is 11.3 Å². The van der Waals surface area contributed by atoms with E-state index in [-0.39, 0.29) is 12.1 Å². The zero-order chi connectivity index (χ0) is 14.2. The highest BCUT2D eigenvalue weighted by Gasteiger charge is 2.32. The summed E-state index contributed by atoms with van der Waals surface area (Å²) in [6.07, 6.45) is 0.440. The highest BCUT2D eigenvalue weighted by atomic mass is 16.6. The van der Waals surface area contributed by atoms with Crippen molar-refractivity contribution in [2.75, 3.05) is 7.05 Å². The lowest BCUT2D eigenvalue weighted by Crippen LogP contribution is -2.36. The number of hydrogen-bond donors (Lipinski definition) is 0. The molecule has 0 radical (unpaired) electrons. The van der Waals surface area contributed by atoms with E-state index in [0.29, 0.717) is 5.69 Å². The fraction of sp³-hybridized carbons (Fsp3) is 0.615. The molecule has 102 valence electrons. The van der Waals surface area contributed by atoms with Gasteiger partial charge in [-0.25, -0.2) is 4.79 Å². The van der Waals surface area contributed by atoms with Crippen molar-refractivity contribution in [1.82, 2.24) is 14.7 Å². The first-order valence-corrected chi connectivity index (χ1v) is 6.25. The number of rotatable bonds is 1. The standard InChI is InChI=1S/C13H18N4O2/c1-13(2,3)19-12(18)16(4)10-5-6-17-11(10)7-9(8-14)15-17/h7,10H,5-6H2,1-4H3. The van der Waals surface area contributed by atoms with E-state index in [9.17, 15) is 4.79 Å². The third-order valence-electron chi connectivity index (χ3n) is 3.03. The Labute approximate surface area is 112 Å². The largest absolute Gasteiger partial charge is 0.444 e. The van der Waals surface area contributed by atoms with Crippen molar-refractivity contribution >= 4 is 6.09 Å². The molecular weight excluding hydrogens is 244 g/mol. The number of aryl methyl sites for hydroxylation is 1. The van der Waals surface area contributed by atoms with Gasteiger partial charge in [-0.2, -0.15) is 10.4 Å². The number of carbonyl (C=O) groups is 1.